The molecule has 0 aromatic heterocycles. The van der Waals surface area contributed by atoms with Crippen molar-refractivity contribution in [3.8, 4) is 0 Å². The van der Waals surface area contributed by atoms with E-state index in [1.165, 1.54) is 89.9 Å². The zero-order valence-corrected chi connectivity index (χ0v) is 15.5. The minimum atomic E-state index is -0.114. The van der Waals surface area contributed by atoms with Gasteiger partial charge in [-0.3, -0.25) is 0 Å². The highest BCUT2D eigenvalue weighted by Crippen LogP contribution is 2.12. The van der Waals surface area contributed by atoms with Crippen LogP contribution in [-0.4, -0.2) is 11.2 Å². The lowest BCUT2D eigenvalue weighted by molar-refractivity contribution is 0.163. The van der Waals surface area contributed by atoms with E-state index in [9.17, 15) is 5.11 Å². The van der Waals surface area contributed by atoms with Gasteiger partial charge >= 0.3 is 0 Å². The van der Waals surface area contributed by atoms with Gasteiger partial charge in [0.25, 0.3) is 0 Å². The van der Waals surface area contributed by atoms with E-state index >= 15 is 0 Å². The molecular formula is C21H42O. The summed E-state index contributed by atoms with van der Waals surface area (Å²) in [6.45, 7) is 4.52. The standard InChI is InChI=1S/C21H42O/c1-3-5-7-9-11-12-14-16-18-20-21(22)19-17-15-13-10-8-6-4-2/h15,17,21-22H,3-14,16,18-20H2,1-2H3. The zero-order valence-electron chi connectivity index (χ0n) is 15.5. The zero-order chi connectivity index (χ0) is 16.3. The minimum Gasteiger partial charge on any atom is -0.393 e. The molecule has 1 nitrogen and oxygen atoms in total. The van der Waals surface area contributed by atoms with Gasteiger partial charge in [0.1, 0.15) is 0 Å². The molecule has 1 atom stereocenters. The topological polar surface area (TPSA) is 20.2 Å². The molecule has 1 heteroatoms. The largest absolute Gasteiger partial charge is 0.393 e. The first kappa shape index (κ1) is 21.7. The summed E-state index contributed by atoms with van der Waals surface area (Å²) < 4.78 is 0. The fourth-order valence-corrected chi connectivity index (χ4v) is 2.87. The second-order valence-electron chi connectivity index (χ2n) is 6.83. The lowest BCUT2D eigenvalue weighted by Gasteiger charge is -2.07. The number of aliphatic hydroxyl groups is 1. The molecule has 0 fully saturated rings. The SMILES string of the molecule is CCCCCCC=CCC(O)CCCCCCCCCCC. The first-order valence-corrected chi connectivity index (χ1v) is 10.1. The maximum atomic E-state index is 9.94. The summed E-state index contributed by atoms with van der Waals surface area (Å²) in [5.74, 6) is 0. The van der Waals surface area contributed by atoms with E-state index in [0.29, 0.717) is 0 Å². The predicted molar refractivity (Wildman–Crippen MR) is 100 cm³/mol. The van der Waals surface area contributed by atoms with Gasteiger partial charge in [-0.2, -0.15) is 0 Å². The fraction of sp³-hybridized carbons (Fsp3) is 0.905. The monoisotopic (exact) mass is 310 g/mol. The van der Waals surface area contributed by atoms with Crippen LogP contribution in [0.2, 0.25) is 0 Å². The molecular weight excluding hydrogens is 268 g/mol. The maximum Gasteiger partial charge on any atom is 0.0574 e. The number of aliphatic hydroxyl groups excluding tert-OH is 1. The first-order chi connectivity index (χ1) is 10.8. The number of hydrogen-bond acceptors (Lipinski definition) is 1. The van der Waals surface area contributed by atoms with E-state index in [-0.39, 0.29) is 6.10 Å². The van der Waals surface area contributed by atoms with Crippen LogP contribution in [0.25, 0.3) is 0 Å². The van der Waals surface area contributed by atoms with Crippen molar-refractivity contribution in [3.63, 3.8) is 0 Å². The maximum absolute atomic E-state index is 9.94. The average Bonchev–Trinajstić information content (AvgIpc) is 2.52. The Morgan fingerprint density at radius 1 is 0.636 bits per heavy atom. The Hall–Kier alpha value is -0.300. The van der Waals surface area contributed by atoms with E-state index in [4.69, 9.17) is 0 Å². The summed E-state index contributed by atoms with van der Waals surface area (Å²) in [5.41, 5.74) is 0. The molecule has 1 unspecified atom stereocenters. The van der Waals surface area contributed by atoms with Crippen LogP contribution in [-0.2, 0) is 0 Å². The van der Waals surface area contributed by atoms with E-state index in [1.54, 1.807) is 0 Å². The fourth-order valence-electron chi connectivity index (χ4n) is 2.87. The van der Waals surface area contributed by atoms with Crippen molar-refractivity contribution in [2.24, 2.45) is 0 Å². The predicted octanol–water partition coefficient (Wildman–Crippen LogP) is 7.18. The third-order valence-corrected chi connectivity index (χ3v) is 4.44. The van der Waals surface area contributed by atoms with Gasteiger partial charge in [-0.15, -0.1) is 0 Å². The van der Waals surface area contributed by atoms with Gasteiger partial charge in [0.15, 0.2) is 0 Å². The molecule has 0 spiro atoms. The Kier molecular flexibility index (Phi) is 18.5. The Morgan fingerprint density at radius 2 is 1.14 bits per heavy atom. The normalized spacial score (nSPS) is 13.0. The lowest BCUT2D eigenvalue weighted by Crippen LogP contribution is -2.04. The molecule has 0 saturated heterocycles. The van der Waals surface area contributed by atoms with Crippen molar-refractivity contribution in [1.29, 1.82) is 0 Å². The molecule has 0 aliphatic carbocycles. The molecule has 0 aliphatic rings. The van der Waals surface area contributed by atoms with Crippen LogP contribution >= 0.6 is 0 Å². The van der Waals surface area contributed by atoms with Crippen molar-refractivity contribution in [2.75, 3.05) is 0 Å². The van der Waals surface area contributed by atoms with E-state index in [2.05, 4.69) is 26.0 Å². The second kappa shape index (κ2) is 18.7. The Balaban J connectivity index is 3.21. The molecule has 0 aromatic carbocycles. The number of rotatable bonds is 17. The van der Waals surface area contributed by atoms with Gasteiger partial charge in [0, 0.05) is 0 Å². The van der Waals surface area contributed by atoms with Gasteiger partial charge in [-0.05, 0) is 25.7 Å². The van der Waals surface area contributed by atoms with Crippen LogP contribution in [0.4, 0.5) is 0 Å². The summed E-state index contributed by atoms with van der Waals surface area (Å²) >= 11 is 0. The quantitative estimate of drug-likeness (QED) is 0.223. The number of allylic oxidation sites excluding steroid dienone is 1. The van der Waals surface area contributed by atoms with Gasteiger partial charge < -0.3 is 5.11 Å². The molecule has 22 heavy (non-hydrogen) atoms. The van der Waals surface area contributed by atoms with Crippen LogP contribution in [0.15, 0.2) is 12.2 Å². The molecule has 132 valence electrons. The minimum absolute atomic E-state index is 0.114. The number of hydrogen-bond donors (Lipinski definition) is 1. The van der Waals surface area contributed by atoms with Gasteiger partial charge in [-0.25, -0.2) is 0 Å². The van der Waals surface area contributed by atoms with Gasteiger partial charge in [-0.1, -0.05) is 103 Å². The van der Waals surface area contributed by atoms with Crippen molar-refractivity contribution in [2.45, 2.75) is 123 Å². The van der Waals surface area contributed by atoms with Crippen molar-refractivity contribution in [1.82, 2.24) is 0 Å². The Bertz CT molecular complexity index is 222. The van der Waals surface area contributed by atoms with Crippen molar-refractivity contribution >= 4 is 0 Å². The first-order valence-electron chi connectivity index (χ1n) is 10.1. The molecule has 1 N–H and O–H groups in total. The Labute approximate surface area is 140 Å². The highest BCUT2D eigenvalue weighted by Gasteiger charge is 2.01. The summed E-state index contributed by atoms with van der Waals surface area (Å²) in [5, 5.41) is 9.94. The van der Waals surface area contributed by atoms with Crippen LogP contribution in [0.1, 0.15) is 117 Å². The lowest BCUT2D eigenvalue weighted by atomic mass is 10.0. The van der Waals surface area contributed by atoms with Crippen molar-refractivity contribution < 1.29 is 5.11 Å². The van der Waals surface area contributed by atoms with E-state index < -0.39 is 0 Å². The molecule has 0 rings (SSSR count). The Morgan fingerprint density at radius 3 is 1.73 bits per heavy atom. The van der Waals surface area contributed by atoms with Crippen LogP contribution < -0.4 is 0 Å². The van der Waals surface area contributed by atoms with Crippen molar-refractivity contribution in [3.05, 3.63) is 12.2 Å². The molecule has 0 saturated carbocycles. The molecule has 0 aromatic rings. The smallest absolute Gasteiger partial charge is 0.0574 e. The highest BCUT2D eigenvalue weighted by molar-refractivity contribution is 4.83. The van der Waals surface area contributed by atoms with Crippen LogP contribution in [0.3, 0.4) is 0 Å². The number of unbranched alkanes of at least 4 members (excludes halogenated alkanes) is 12. The highest BCUT2D eigenvalue weighted by atomic mass is 16.3. The van der Waals surface area contributed by atoms with Gasteiger partial charge in [0.05, 0.1) is 6.10 Å². The second-order valence-corrected chi connectivity index (χ2v) is 6.83. The third-order valence-electron chi connectivity index (χ3n) is 4.44. The molecule has 0 bridgehead atoms. The third kappa shape index (κ3) is 17.8. The van der Waals surface area contributed by atoms with Gasteiger partial charge in [0.2, 0.25) is 0 Å². The van der Waals surface area contributed by atoms with Crippen LogP contribution in [0, 0.1) is 0 Å². The molecule has 0 aliphatic heterocycles. The summed E-state index contributed by atoms with van der Waals surface area (Å²) in [7, 11) is 0. The van der Waals surface area contributed by atoms with E-state index in [1.807, 2.05) is 0 Å². The molecule has 0 amide bonds. The van der Waals surface area contributed by atoms with E-state index in [0.717, 1.165) is 12.8 Å². The summed E-state index contributed by atoms with van der Waals surface area (Å²) in [4.78, 5) is 0. The molecule has 0 radical (unpaired) electrons. The summed E-state index contributed by atoms with van der Waals surface area (Å²) in [6.07, 6.45) is 24.9. The summed E-state index contributed by atoms with van der Waals surface area (Å²) in [6, 6.07) is 0. The van der Waals surface area contributed by atoms with Crippen LogP contribution in [0.5, 0.6) is 0 Å². The average molecular weight is 311 g/mol. The molecule has 0 heterocycles.